The van der Waals surface area contributed by atoms with Crippen molar-refractivity contribution in [2.45, 2.75) is 45.4 Å². The Hall–Kier alpha value is -1.11. The van der Waals surface area contributed by atoms with E-state index >= 15 is 0 Å². The van der Waals surface area contributed by atoms with Crippen LogP contribution in [0.1, 0.15) is 66.9 Å². The van der Waals surface area contributed by atoms with E-state index in [0.717, 1.165) is 11.8 Å². The Morgan fingerprint density at radius 1 is 1.25 bits per heavy atom. The molecule has 2 atom stereocenters. The fourth-order valence-corrected chi connectivity index (χ4v) is 2.87. The molecule has 1 nitrogen and oxygen atoms in total. The van der Waals surface area contributed by atoms with E-state index in [9.17, 15) is 4.79 Å². The van der Waals surface area contributed by atoms with E-state index in [1.54, 1.807) is 0 Å². The molecule has 86 valence electrons. The highest BCUT2D eigenvalue weighted by atomic mass is 16.1. The first kappa shape index (κ1) is 11.4. The number of hydrogen-bond acceptors (Lipinski definition) is 1. The molecular formula is C15H20O. The summed E-state index contributed by atoms with van der Waals surface area (Å²) in [7, 11) is 0. The van der Waals surface area contributed by atoms with Gasteiger partial charge < -0.3 is 0 Å². The minimum atomic E-state index is 0.631. The van der Waals surface area contributed by atoms with E-state index in [4.69, 9.17) is 0 Å². The molecular weight excluding hydrogens is 196 g/mol. The van der Waals surface area contributed by atoms with E-state index in [1.165, 1.54) is 24.0 Å². The van der Waals surface area contributed by atoms with E-state index in [-0.39, 0.29) is 0 Å². The lowest BCUT2D eigenvalue weighted by atomic mass is 9.73. The van der Waals surface area contributed by atoms with Gasteiger partial charge in [0.1, 0.15) is 6.29 Å². The summed E-state index contributed by atoms with van der Waals surface area (Å²) in [4.78, 5) is 10.9. The van der Waals surface area contributed by atoms with Crippen LogP contribution in [-0.2, 0) is 0 Å². The van der Waals surface area contributed by atoms with Crippen LogP contribution in [0.3, 0.4) is 0 Å². The van der Waals surface area contributed by atoms with Gasteiger partial charge >= 0.3 is 0 Å². The van der Waals surface area contributed by atoms with Crippen molar-refractivity contribution in [3.05, 3.63) is 34.9 Å². The standard InChI is InChI=1S/C15H20O/c1-10(2)13-6-4-11(3)14-7-5-12(9-16)8-15(13)14/h5,7-11,13H,4,6H2,1-3H3. The van der Waals surface area contributed by atoms with Crippen LogP contribution >= 0.6 is 0 Å². The molecule has 1 aromatic carbocycles. The molecule has 2 unspecified atom stereocenters. The van der Waals surface area contributed by atoms with E-state index in [0.29, 0.717) is 17.8 Å². The maximum absolute atomic E-state index is 10.9. The Bertz CT molecular complexity index is 392. The number of carbonyl (C=O) groups excluding carboxylic acids is 1. The highest BCUT2D eigenvalue weighted by Gasteiger charge is 2.26. The quantitative estimate of drug-likeness (QED) is 0.679. The Balaban J connectivity index is 2.48. The molecule has 1 aliphatic carbocycles. The van der Waals surface area contributed by atoms with Crippen LogP contribution in [0.25, 0.3) is 0 Å². The molecule has 0 saturated heterocycles. The highest BCUT2D eigenvalue weighted by Crippen LogP contribution is 2.42. The molecule has 0 amide bonds. The van der Waals surface area contributed by atoms with Gasteiger partial charge in [-0.2, -0.15) is 0 Å². The van der Waals surface area contributed by atoms with Crippen LogP contribution in [0, 0.1) is 5.92 Å². The second kappa shape index (κ2) is 4.40. The van der Waals surface area contributed by atoms with Crippen LogP contribution in [-0.4, -0.2) is 6.29 Å². The Labute approximate surface area is 97.9 Å². The number of hydrogen-bond donors (Lipinski definition) is 0. The Morgan fingerprint density at radius 2 is 2.00 bits per heavy atom. The first-order valence-electron chi connectivity index (χ1n) is 6.22. The molecule has 1 heteroatoms. The Kier molecular flexibility index (Phi) is 3.13. The number of carbonyl (C=O) groups is 1. The first-order valence-corrected chi connectivity index (χ1v) is 6.22. The zero-order chi connectivity index (χ0) is 11.7. The second-order valence-electron chi connectivity index (χ2n) is 5.34. The summed E-state index contributed by atoms with van der Waals surface area (Å²) in [6.07, 6.45) is 3.49. The average Bonchev–Trinajstić information content (AvgIpc) is 2.28. The van der Waals surface area contributed by atoms with Crippen molar-refractivity contribution in [3.63, 3.8) is 0 Å². The number of fused-ring (bicyclic) bond motifs is 1. The summed E-state index contributed by atoms with van der Waals surface area (Å²) >= 11 is 0. The maximum atomic E-state index is 10.9. The minimum absolute atomic E-state index is 0.631. The molecule has 1 aromatic rings. The molecule has 16 heavy (non-hydrogen) atoms. The topological polar surface area (TPSA) is 17.1 Å². The summed E-state index contributed by atoms with van der Waals surface area (Å²) in [5.41, 5.74) is 3.69. The lowest BCUT2D eigenvalue weighted by molar-refractivity contribution is 0.112. The summed E-state index contributed by atoms with van der Waals surface area (Å²) in [5, 5.41) is 0. The van der Waals surface area contributed by atoms with Gasteiger partial charge in [-0.25, -0.2) is 0 Å². The van der Waals surface area contributed by atoms with Crippen molar-refractivity contribution in [3.8, 4) is 0 Å². The first-order chi connectivity index (χ1) is 7.63. The molecule has 0 heterocycles. The van der Waals surface area contributed by atoms with Gasteiger partial charge in [0.15, 0.2) is 0 Å². The molecule has 0 aliphatic heterocycles. The van der Waals surface area contributed by atoms with Gasteiger partial charge in [0.25, 0.3) is 0 Å². The molecule has 1 aliphatic rings. The molecule has 0 aromatic heterocycles. The molecule has 0 N–H and O–H groups in total. The van der Waals surface area contributed by atoms with Crippen molar-refractivity contribution in [1.82, 2.24) is 0 Å². The van der Waals surface area contributed by atoms with Crippen molar-refractivity contribution < 1.29 is 4.79 Å². The Morgan fingerprint density at radius 3 is 2.62 bits per heavy atom. The lowest BCUT2D eigenvalue weighted by Crippen LogP contribution is -2.17. The van der Waals surface area contributed by atoms with E-state index in [1.807, 2.05) is 6.07 Å². The van der Waals surface area contributed by atoms with Crippen molar-refractivity contribution in [2.24, 2.45) is 5.92 Å². The third-order valence-electron chi connectivity index (χ3n) is 3.89. The molecule has 2 rings (SSSR count). The van der Waals surface area contributed by atoms with Crippen LogP contribution in [0.5, 0.6) is 0 Å². The van der Waals surface area contributed by atoms with Crippen LogP contribution < -0.4 is 0 Å². The van der Waals surface area contributed by atoms with Gasteiger partial charge in [-0.3, -0.25) is 4.79 Å². The van der Waals surface area contributed by atoms with E-state index < -0.39 is 0 Å². The monoisotopic (exact) mass is 216 g/mol. The third-order valence-corrected chi connectivity index (χ3v) is 3.89. The predicted molar refractivity (Wildman–Crippen MR) is 67.1 cm³/mol. The molecule has 0 saturated carbocycles. The lowest BCUT2D eigenvalue weighted by Gasteiger charge is -2.32. The largest absolute Gasteiger partial charge is 0.298 e. The summed E-state index contributed by atoms with van der Waals surface area (Å²) in [6, 6.07) is 6.20. The number of benzene rings is 1. The molecule has 0 fully saturated rings. The fourth-order valence-electron chi connectivity index (χ4n) is 2.87. The van der Waals surface area contributed by atoms with Gasteiger partial charge in [-0.05, 0) is 47.8 Å². The van der Waals surface area contributed by atoms with E-state index in [2.05, 4.69) is 32.9 Å². The highest BCUT2D eigenvalue weighted by molar-refractivity contribution is 5.75. The molecule has 0 bridgehead atoms. The summed E-state index contributed by atoms with van der Waals surface area (Å²) in [5.74, 6) is 1.94. The fraction of sp³-hybridized carbons (Fsp3) is 0.533. The maximum Gasteiger partial charge on any atom is 0.150 e. The minimum Gasteiger partial charge on any atom is -0.298 e. The van der Waals surface area contributed by atoms with Gasteiger partial charge in [-0.15, -0.1) is 0 Å². The predicted octanol–water partition coefficient (Wildman–Crippen LogP) is 4.14. The summed E-state index contributed by atoms with van der Waals surface area (Å²) < 4.78 is 0. The smallest absolute Gasteiger partial charge is 0.150 e. The zero-order valence-electron chi connectivity index (χ0n) is 10.4. The van der Waals surface area contributed by atoms with Gasteiger partial charge in [0.05, 0.1) is 0 Å². The number of aldehydes is 1. The second-order valence-corrected chi connectivity index (χ2v) is 5.34. The van der Waals surface area contributed by atoms with Gasteiger partial charge in [-0.1, -0.05) is 32.9 Å². The van der Waals surface area contributed by atoms with Crippen LogP contribution in [0.2, 0.25) is 0 Å². The number of rotatable bonds is 2. The van der Waals surface area contributed by atoms with Crippen LogP contribution in [0.4, 0.5) is 0 Å². The molecule has 0 spiro atoms. The molecule has 0 radical (unpaired) electrons. The third kappa shape index (κ3) is 1.91. The van der Waals surface area contributed by atoms with Crippen molar-refractivity contribution in [2.75, 3.05) is 0 Å². The SMILES string of the molecule is CC1CCC(C(C)C)c2cc(C=O)ccc21. The summed E-state index contributed by atoms with van der Waals surface area (Å²) in [6.45, 7) is 6.84. The van der Waals surface area contributed by atoms with Crippen molar-refractivity contribution in [1.29, 1.82) is 0 Å². The van der Waals surface area contributed by atoms with Gasteiger partial charge in [0, 0.05) is 5.56 Å². The zero-order valence-corrected chi connectivity index (χ0v) is 10.4. The van der Waals surface area contributed by atoms with Gasteiger partial charge in [0.2, 0.25) is 0 Å². The van der Waals surface area contributed by atoms with Crippen LogP contribution in [0.15, 0.2) is 18.2 Å². The average molecular weight is 216 g/mol. The normalized spacial score (nSPS) is 24.2. The van der Waals surface area contributed by atoms with Crippen molar-refractivity contribution >= 4 is 6.29 Å².